The Balaban J connectivity index is 1.81. The van der Waals surface area contributed by atoms with Gasteiger partial charge in [0.05, 0.1) is 36.9 Å². The third-order valence-electron chi connectivity index (χ3n) is 3.29. The molecule has 0 aromatic heterocycles. The summed E-state index contributed by atoms with van der Waals surface area (Å²) in [6, 6.07) is 6.27. The predicted octanol–water partition coefficient (Wildman–Crippen LogP) is 0.129. The zero-order chi connectivity index (χ0) is 15.3. The van der Waals surface area contributed by atoms with Gasteiger partial charge in [-0.05, 0) is 17.7 Å². The molecule has 1 saturated heterocycles. The molecule has 1 fully saturated rings. The van der Waals surface area contributed by atoms with Gasteiger partial charge in [0, 0.05) is 19.3 Å². The van der Waals surface area contributed by atoms with Gasteiger partial charge in [-0.25, -0.2) is 8.42 Å². The summed E-state index contributed by atoms with van der Waals surface area (Å²) in [5.41, 5.74) is 0.677. The van der Waals surface area contributed by atoms with Gasteiger partial charge in [0.2, 0.25) is 0 Å². The Kier molecular flexibility index (Phi) is 5.72. The van der Waals surface area contributed by atoms with Crippen LogP contribution in [-0.4, -0.2) is 58.8 Å². The van der Waals surface area contributed by atoms with Gasteiger partial charge >= 0.3 is 0 Å². The number of aliphatic hydroxyl groups excluding tert-OH is 1. The second-order valence-electron chi connectivity index (χ2n) is 5.08. The van der Waals surface area contributed by atoms with Gasteiger partial charge < -0.3 is 19.9 Å². The molecule has 0 bridgehead atoms. The van der Waals surface area contributed by atoms with Gasteiger partial charge in [-0.1, -0.05) is 12.1 Å². The number of aliphatic hydroxyl groups is 1. The molecule has 0 amide bonds. The van der Waals surface area contributed by atoms with Crippen LogP contribution in [0.25, 0.3) is 0 Å². The highest BCUT2D eigenvalue weighted by molar-refractivity contribution is 7.90. The van der Waals surface area contributed by atoms with Gasteiger partial charge in [0.1, 0.15) is 0 Å². The van der Waals surface area contributed by atoms with Gasteiger partial charge in [-0.2, -0.15) is 0 Å². The molecule has 2 atom stereocenters. The number of benzene rings is 1. The van der Waals surface area contributed by atoms with Crippen molar-refractivity contribution in [2.24, 2.45) is 0 Å². The van der Waals surface area contributed by atoms with Crippen molar-refractivity contribution in [2.75, 3.05) is 39.2 Å². The average molecular weight is 315 g/mol. The highest BCUT2D eigenvalue weighted by Gasteiger charge is 2.15. The van der Waals surface area contributed by atoms with E-state index >= 15 is 0 Å². The maximum absolute atomic E-state index is 11.4. The van der Waals surface area contributed by atoms with Crippen molar-refractivity contribution in [1.29, 1.82) is 0 Å². The lowest BCUT2D eigenvalue weighted by Gasteiger charge is -2.23. The number of hydrogen-bond donors (Lipinski definition) is 2. The molecule has 7 heteroatoms. The smallest absolute Gasteiger partial charge is 0.175 e. The van der Waals surface area contributed by atoms with E-state index in [-0.39, 0.29) is 11.0 Å². The normalized spacial score (nSPS) is 21.1. The number of sulfone groups is 1. The summed E-state index contributed by atoms with van der Waals surface area (Å²) in [4.78, 5) is 0.249. The van der Waals surface area contributed by atoms with Crippen LogP contribution in [0.2, 0.25) is 0 Å². The first-order valence-electron chi connectivity index (χ1n) is 6.85. The molecule has 0 radical (unpaired) electrons. The fourth-order valence-electron chi connectivity index (χ4n) is 2.09. The molecule has 118 valence electrons. The Labute approximate surface area is 125 Å². The van der Waals surface area contributed by atoms with Crippen LogP contribution < -0.4 is 5.32 Å². The largest absolute Gasteiger partial charge is 0.387 e. The van der Waals surface area contributed by atoms with Crippen molar-refractivity contribution in [3.8, 4) is 0 Å². The molecule has 0 spiro atoms. The second-order valence-corrected chi connectivity index (χ2v) is 7.10. The highest BCUT2D eigenvalue weighted by atomic mass is 32.2. The van der Waals surface area contributed by atoms with Crippen LogP contribution in [0.5, 0.6) is 0 Å². The second kappa shape index (κ2) is 7.33. The molecule has 21 heavy (non-hydrogen) atoms. The zero-order valence-corrected chi connectivity index (χ0v) is 12.8. The molecular weight excluding hydrogens is 294 g/mol. The fraction of sp³-hybridized carbons (Fsp3) is 0.571. The Morgan fingerprint density at radius 1 is 1.33 bits per heavy atom. The third kappa shape index (κ3) is 5.05. The van der Waals surface area contributed by atoms with Crippen molar-refractivity contribution in [3.63, 3.8) is 0 Å². The fourth-order valence-corrected chi connectivity index (χ4v) is 2.72. The van der Waals surface area contributed by atoms with Crippen LogP contribution in [0, 0.1) is 0 Å². The van der Waals surface area contributed by atoms with Gasteiger partial charge in [0.25, 0.3) is 0 Å². The van der Waals surface area contributed by atoms with Crippen LogP contribution in [0.1, 0.15) is 11.7 Å². The molecule has 0 saturated carbocycles. The van der Waals surface area contributed by atoms with E-state index in [9.17, 15) is 13.5 Å². The lowest BCUT2D eigenvalue weighted by atomic mass is 10.1. The molecule has 2 N–H and O–H groups in total. The first-order valence-corrected chi connectivity index (χ1v) is 8.74. The van der Waals surface area contributed by atoms with Crippen molar-refractivity contribution in [2.45, 2.75) is 17.1 Å². The molecule has 1 aliphatic rings. The van der Waals surface area contributed by atoms with E-state index in [0.29, 0.717) is 38.5 Å². The van der Waals surface area contributed by atoms with Crippen molar-refractivity contribution in [3.05, 3.63) is 29.8 Å². The van der Waals surface area contributed by atoms with E-state index in [1.54, 1.807) is 12.1 Å². The average Bonchev–Trinajstić information content (AvgIpc) is 2.47. The quantitative estimate of drug-likeness (QED) is 0.776. The number of rotatable bonds is 6. The van der Waals surface area contributed by atoms with Crippen LogP contribution in [0.4, 0.5) is 0 Å². The van der Waals surface area contributed by atoms with Crippen LogP contribution in [0.15, 0.2) is 29.2 Å². The Morgan fingerprint density at radius 2 is 2.05 bits per heavy atom. The van der Waals surface area contributed by atoms with Gasteiger partial charge in [-0.3, -0.25) is 0 Å². The van der Waals surface area contributed by atoms with Crippen molar-refractivity contribution < 1.29 is 23.0 Å². The number of ether oxygens (including phenoxy) is 2. The van der Waals surface area contributed by atoms with E-state index in [4.69, 9.17) is 9.47 Å². The van der Waals surface area contributed by atoms with E-state index in [2.05, 4.69) is 5.32 Å². The topological polar surface area (TPSA) is 84.9 Å². The van der Waals surface area contributed by atoms with Gasteiger partial charge in [-0.15, -0.1) is 0 Å². The third-order valence-corrected chi connectivity index (χ3v) is 4.42. The molecule has 1 heterocycles. The summed E-state index contributed by atoms with van der Waals surface area (Å²) in [6.45, 7) is 2.77. The summed E-state index contributed by atoms with van der Waals surface area (Å²) in [5.74, 6) is 0. The maximum atomic E-state index is 11.4. The highest BCUT2D eigenvalue weighted by Crippen LogP contribution is 2.16. The zero-order valence-electron chi connectivity index (χ0n) is 12.0. The SMILES string of the molecule is CS(=O)(=O)c1ccc(C(O)CNCC2COCCO2)cc1. The van der Waals surface area contributed by atoms with Crippen LogP contribution in [0.3, 0.4) is 0 Å². The molecule has 2 rings (SSSR count). The maximum Gasteiger partial charge on any atom is 0.175 e. The predicted molar refractivity (Wildman–Crippen MR) is 77.9 cm³/mol. The first kappa shape index (κ1) is 16.4. The van der Waals surface area contributed by atoms with E-state index in [1.165, 1.54) is 12.1 Å². The van der Waals surface area contributed by atoms with Crippen LogP contribution >= 0.6 is 0 Å². The summed E-state index contributed by atoms with van der Waals surface area (Å²) in [5, 5.41) is 13.2. The monoisotopic (exact) mass is 315 g/mol. The minimum atomic E-state index is -3.20. The minimum Gasteiger partial charge on any atom is -0.387 e. The summed E-state index contributed by atoms with van der Waals surface area (Å²) >= 11 is 0. The lowest BCUT2D eigenvalue weighted by Crippen LogP contribution is -2.38. The van der Waals surface area contributed by atoms with Crippen molar-refractivity contribution in [1.82, 2.24) is 5.32 Å². The standard InChI is InChI=1S/C14H21NO5S/c1-21(17,18)13-4-2-11(3-5-13)14(16)9-15-8-12-10-19-6-7-20-12/h2-5,12,14-16H,6-10H2,1H3. The molecule has 1 aliphatic heterocycles. The van der Waals surface area contributed by atoms with E-state index < -0.39 is 15.9 Å². The molecular formula is C14H21NO5S. The van der Waals surface area contributed by atoms with Crippen molar-refractivity contribution >= 4 is 9.84 Å². The molecule has 6 nitrogen and oxygen atoms in total. The lowest BCUT2D eigenvalue weighted by molar-refractivity contribution is -0.0868. The Morgan fingerprint density at radius 3 is 2.62 bits per heavy atom. The number of nitrogens with one attached hydrogen (secondary N) is 1. The molecule has 1 aromatic carbocycles. The van der Waals surface area contributed by atoms with Crippen LogP contribution in [-0.2, 0) is 19.3 Å². The molecule has 2 unspecified atom stereocenters. The van der Waals surface area contributed by atoms with E-state index in [0.717, 1.165) is 6.26 Å². The summed E-state index contributed by atoms with van der Waals surface area (Å²) < 4.78 is 33.5. The first-order chi connectivity index (χ1) is 9.97. The number of hydrogen-bond acceptors (Lipinski definition) is 6. The molecule has 1 aromatic rings. The molecule has 0 aliphatic carbocycles. The summed E-state index contributed by atoms with van der Waals surface area (Å²) in [6.07, 6.45) is 0.480. The minimum absolute atomic E-state index is 0.0126. The summed E-state index contributed by atoms with van der Waals surface area (Å²) in [7, 11) is -3.20. The van der Waals surface area contributed by atoms with E-state index in [1.807, 2.05) is 0 Å². The Hall–Kier alpha value is -0.990. The van der Waals surface area contributed by atoms with Gasteiger partial charge in [0.15, 0.2) is 9.84 Å². The Bertz CT molecular complexity index is 537.